The maximum atomic E-state index is 5.43. The van der Waals surface area contributed by atoms with Crippen LogP contribution in [0.5, 0.6) is 0 Å². The molecular formula is C10H19NO2. The smallest absolute Gasteiger partial charge is 0.0619 e. The van der Waals surface area contributed by atoms with Gasteiger partial charge in [0.2, 0.25) is 0 Å². The van der Waals surface area contributed by atoms with E-state index >= 15 is 0 Å². The quantitative estimate of drug-likeness (QED) is 0.694. The van der Waals surface area contributed by atoms with Crippen molar-refractivity contribution in [3.8, 4) is 0 Å². The standard InChI is InChI=1S/C10H19NO2/c1-2-10(8-13-5-1)11-9-3-6-12-7-4-9/h9-11H,1-8H2/t10-/m1/s1. The zero-order chi connectivity index (χ0) is 8.93. The maximum Gasteiger partial charge on any atom is 0.0619 e. The van der Waals surface area contributed by atoms with Gasteiger partial charge in [-0.25, -0.2) is 0 Å². The molecule has 2 aliphatic heterocycles. The van der Waals surface area contributed by atoms with Crippen LogP contribution in [0, 0.1) is 0 Å². The molecular weight excluding hydrogens is 166 g/mol. The zero-order valence-electron chi connectivity index (χ0n) is 8.13. The van der Waals surface area contributed by atoms with Gasteiger partial charge in [0.1, 0.15) is 0 Å². The molecule has 0 radical (unpaired) electrons. The van der Waals surface area contributed by atoms with Gasteiger partial charge < -0.3 is 14.8 Å². The Balaban J connectivity index is 1.69. The van der Waals surface area contributed by atoms with Gasteiger partial charge in [0, 0.05) is 31.9 Å². The van der Waals surface area contributed by atoms with Crippen LogP contribution >= 0.6 is 0 Å². The fourth-order valence-corrected chi connectivity index (χ4v) is 2.07. The second-order valence-electron chi connectivity index (χ2n) is 3.97. The van der Waals surface area contributed by atoms with Crippen LogP contribution in [0.15, 0.2) is 0 Å². The second kappa shape index (κ2) is 4.94. The van der Waals surface area contributed by atoms with E-state index in [1.807, 2.05) is 0 Å². The first kappa shape index (κ1) is 9.44. The molecule has 2 rings (SSSR count). The molecule has 0 saturated carbocycles. The Morgan fingerprint density at radius 2 is 1.69 bits per heavy atom. The number of ether oxygens (including phenoxy) is 2. The fraction of sp³-hybridized carbons (Fsp3) is 1.00. The Hall–Kier alpha value is -0.120. The molecule has 0 bridgehead atoms. The SMILES string of the molecule is C1COC[C@H](NC2CCOCC2)C1. The Labute approximate surface area is 79.8 Å². The van der Waals surface area contributed by atoms with Crippen molar-refractivity contribution in [2.45, 2.75) is 37.8 Å². The zero-order valence-corrected chi connectivity index (χ0v) is 8.13. The minimum Gasteiger partial charge on any atom is -0.381 e. The lowest BCUT2D eigenvalue weighted by Gasteiger charge is -2.30. The summed E-state index contributed by atoms with van der Waals surface area (Å²) in [4.78, 5) is 0. The summed E-state index contributed by atoms with van der Waals surface area (Å²) in [7, 11) is 0. The average molecular weight is 185 g/mol. The molecule has 0 aromatic rings. The van der Waals surface area contributed by atoms with Gasteiger partial charge in [-0.3, -0.25) is 0 Å². The molecule has 2 aliphatic rings. The van der Waals surface area contributed by atoms with Crippen LogP contribution < -0.4 is 5.32 Å². The van der Waals surface area contributed by atoms with Crippen molar-refractivity contribution in [3.05, 3.63) is 0 Å². The number of hydrogen-bond donors (Lipinski definition) is 1. The number of hydrogen-bond acceptors (Lipinski definition) is 3. The van der Waals surface area contributed by atoms with Crippen molar-refractivity contribution in [2.75, 3.05) is 26.4 Å². The summed E-state index contributed by atoms with van der Waals surface area (Å²) in [6.45, 7) is 3.69. The third-order valence-electron chi connectivity index (χ3n) is 2.85. The van der Waals surface area contributed by atoms with Crippen molar-refractivity contribution in [1.82, 2.24) is 5.32 Å². The first-order valence-electron chi connectivity index (χ1n) is 5.37. The van der Waals surface area contributed by atoms with Gasteiger partial charge in [-0.1, -0.05) is 0 Å². The molecule has 1 atom stereocenters. The monoisotopic (exact) mass is 185 g/mol. The molecule has 13 heavy (non-hydrogen) atoms. The minimum absolute atomic E-state index is 0.594. The van der Waals surface area contributed by atoms with Gasteiger partial charge >= 0.3 is 0 Å². The number of rotatable bonds is 2. The van der Waals surface area contributed by atoms with Gasteiger partial charge in [0.05, 0.1) is 6.61 Å². The van der Waals surface area contributed by atoms with Crippen LogP contribution in [-0.4, -0.2) is 38.5 Å². The highest BCUT2D eigenvalue weighted by Gasteiger charge is 2.19. The summed E-state index contributed by atoms with van der Waals surface area (Å²) in [6, 6.07) is 1.26. The van der Waals surface area contributed by atoms with Gasteiger partial charge in [-0.05, 0) is 25.7 Å². The van der Waals surface area contributed by atoms with Crippen LogP contribution in [0.4, 0.5) is 0 Å². The Bertz CT molecular complexity index is 124. The first-order chi connectivity index (χ1) is 6.45. The van der Waals surface area contributed by atoms with Crippen molar-refractivity contribution < 1.29 is 9.47 Å². The molecule has 2 saturated heterocycles. The van der Waals surface area contributed by atoms with E-state index < -0.39 is 0 Å². The second-order valence-corrected chi connectivity index (χ2v) is 3.97. The molecule has 1 N–H and O–H groups in total. The molecule has 0 unspecified atom stereocenters. The first-order valence-corrected chi connectivity index (χ1v) is 5.37. The largest absolute Gasteiger partial charge is 0.381 e. The molecule has 0 aliphatic carbocycles. The van der Waals surface area contributed by atoms with Crippen molar-refractivity contribution in [1.29, 1.82) is 0 Å². The lowest BCUT2D eigenvalue weighted by molar-refractivity contribution is 0.0439. The summed E-state index contributed by atoms with van der Waals surface area (Å²) in [5, 5.41) is 3.65. The van der Waals surface area contributed by atoms with Gasteiger partial charge in [-0.2, -0.15) is 0 Å². The molecule has 76 valence electrons. The molecule has 3 nitrogen and oxygen atoms in total. The van der Waals surface area contributed by atoms with E-state index in [2.05, 4.69) is 5.32 Å². The maximum absolute atomic E-state index is 5.43. The predicted molar refractivity (Wildman–Crippen MR) is 50.8 cm³/mol. The topological polar surface area (TPSA) is 30.5 Å². The molecule has 0 spiro atoms. The summed E-state index contributed by atoms with van der Waals surface area (Å²) >= 11 is 0. The highest BCUT2D eigenvalue weighted by Crippen LogP contribution is 2.11. The van der Waals surface area contributed by atoms with Crippen LogP contribution in [0.25, 0.3) is 0 Å². The highest BCUT2D eigenvalue weighted by molar-refractivity contribution is 4.77. The predicted octanol–water partition coefficient (Wildman–Crippen LogP) is 0.934. The lowest BCUT2D eigenvalue weighted by atomic mass is 10.0. The fourth-order valence-electron chi connectivity index (χ4n) is 2.07. The highest BCUT2D eigenvalue weighted by atomic mass is 16.5. The third-order valence-corrected chi connectivity index (χ3v) is 2.85. The lowest BCUT2D eigenvalue weighted by Crippen LogP contribution is -2.45. The minimum atomic E-state index is 0.594. The Morgan fingerprint density at radius 3 is 2.38 bits per heavy atom. The molecule has 0 amide bonds. The third kappa shape index (κ3) is 2.93. The van der Waals surface area contributed by atoms with Gasteiger partial charge in [0.15, 0.2) is 0 Å². The summed E-state index contributed by atoms with van der Waals surface area (Å²) < 4.78 is 10.7. The summed E-state index contributed by atoms with van der Waals surface area (Å²) in [5.41, 5.74) is 0. The summed E-state index contributed by atoms with van der Waals surface area (Å²) in [5.74, 6) is 0. The van der Waals surface area contributed by atoms with Crippen LogP contribution in [0.1, 0.15) is 25.7 Å². The van der Waals surface area contributed by atoms with Crippen molar-refractivity contribution >= 4 is 0 Å². The van der Waals surface area contributed by atoms with E-state index in [-0.39, 0.29) is 0 Å². The van der Waals surface area contributed by atoms with Crippen LogP contribution in [0.3, 0.4) is 0 Å². The molecule has 3 heteroatoms. The average Bonchev–Trinajstić information content (AvgIpc) is 2.21. The Kier molecular flexibility index (Phi) is 3.58. The normalized spacial score (nSPS) is 31.8. The number of nitrogens with one attached hydrogen (secondary N) is 1. The summed E-state index contributed by atoms with van der Waals surface area (Å²) in [6.07, 6.45) is 4.81. The molecule has 2 fully saturated rings. The van der Waals surface area contributed by atoms with E-state index in [1.165, 1.54) is 12.8 Å². The van der Waals surface area contributed by atoms with E-state index in [1.54, 1.807) is 0 Å². The van der Waals surface area contributed by atoms with Crippen molar-refractivity contribution in [3.63, 3.8) is 0 Å². The van der Waals surface area contributed by atoms with E-state index in [4.69, 9.17) is 9.47 Å². The van der Waals surface area contributed by atoms with E-state index in [9.17, 15) is 0 Å². The van der Waals surface area contributed by atoms with E-state index in [0.717, 1.165) is 39.3 Å². The molecule has 2 heterocycles. The molecule has 0 aromatic heterocycles. The van der Waals surface area contributed by atoms with Crippen molar-refractivity contribution in [2.24, 2.45) is 0 Å². The van der Waals surface area contributed by atoms with Crippen LogP contribution in [-0.2, 0) is 9.47 Å². The Morgan fingerprint density at radius 1 is 0.846 bits per heavy atom. The van der Waals surface area contributed by atoms with Crippen LogP contribution in [0.2, 0.25) is 0 Å². The van der Waals surface area contributed by atoms with Gasteiger partial charge in [-0.15, -0.1) is 0 Å². The van der Waals surface area contributed by atoms with Gasteiger partial charge in [0.25, 0.3) is 0 Å². The van der Waals surface area contributed by atoms with E-state index in [0.29, 0.717) is 12.1 Å². The molecule has 0 aromatic carbocycles.